The van der Waals surface area contributed by atoms with E-state index in [1.54, 1.807) is 0 Å². The number of nitrogens with one attached hydrogen (secondary N) is 3. The lowest BCUT2D eigenvalue weighted by Gasteiger charge is -2.36. The molecule has 3 unspecified atom stereocenters. The number of anilines is 1. The highest BCUT2D eigenvalue weighted by atomic mass is 16.2. The second-order valence-corrected chi connectivity index (χ2v) is 10.3. The number of carbonyl (C=O) groups is 2. The Kier molecular flexibility index (Phi) is 6.75. The molecule has 5 atom stereocenters. The summed E-state index contributed by atoms with van der Waals surface area (Å²) in [5.41, 5.74) is 6.19. The molecule has 3 N–H and O–H groups in total. The van der Waals surface area contributed by atoms with Gasteiger partial charge < -0.3 is 15.5 Å². The summed E-state index contributed by atoms with van der Waals surface area (Å²) in [4.78, 5) is 27.7. The summed E-state index contributed by atoms with van der Waals surface area (Å²) in [7, 11) is 0. The molecule has 3 saturated heterocycles. The van der Waals surface area contributed by atoms with Gasteiger partial charge in [0.2, 0.25) is 5.91 Å². The van der Waals surface area contributed by atoms with E-state index >= 15 is 0 Å². The lowest BCUT2D eigenvalue weighted by molar-refractivity contribution is -0.128. The van der Waals surface area contributed by atoms with Crippen molar-refractivity contribution in [2.24, 2.45) is 11.8 Å². The number of nitriles is 1. The van der Waals surface area contributed by atoms with Crippen LogP contribution in [0.15, 0.2) is 18.2 Å². The van der Waals surface area contributed by atoms with E-state index in [0.29, 0.717) is 6.54 Å². The van der Waals surface area contributed by atoms with Crippen molar-refractivity contribution in [1.29, 1.82) is 5.26 Å². The summed E-state index contributed by atoms with van der Waals surface area (Å²) >= 11 is 0. The van der Waals surface area contributed by atoms with Crippen molar-refractivity contribution in [3.63, 3.8) is 0 Å². The van der Waals surface area contributed by atoms with Gasteiger partial charge in [0.15, 0.2) is 0 Å². The van der Waals surface area contributed by atoms with Crippen LogP contribution >= 0.6 is 0 Å². The Morgan fingerprint density at radius 1 is 1.09 bits per heavy atom. The Bertz CT molecular complexity index is 969. The molecule has 8 nitrogen and oxygen atoms in total. The van der Waals surface area contributed by atoms with Crippen molar-refractivity contribution in [2.45, 2.75) is 76.5 Å². The average Bonchev–Trinajstić information content (AvgIpc) is 3.42. The summed E-state index contributed by atoms with van der Waals surface area (Å²) in [5, 5.41) is 18.7. The number of piperidine rings is 1. The molecular weight excluding hydrogens is 428 g/mol. The molecule has 4 aliphatic rings. The molecular formula is C26H36N6O2. The third-order valence-electron chi connectivity index (χ3n) is 8.14. The number of hydrazine groups is 1. The van der Waals surface area contributed by atoms with Crippen LogP contribution in [-0.4, -0.2) is 59.6 Å². The van der Waals surface area contributed by atoms with E-state index in [1.807, 2.05) is 30.0 Å². The number of hydrogen-bond donors (Lipinski definition) is 3. The highest BCUT2D eigenvalue weighted by Gasteiger charge is 2.50. The van der Waals surface area contributed by atoms with Crippen molar-refractivity contribution in [1.82, 2.24) is 20.7 Å². The molecule has 1 aliphatic carbocycles. The first-order chi connectivity index (χ1) is 16.6. The Balaban J connectivity index is 1.35. The highest BCUT2D eigenvalue weighted by molar-refractivity contribution is 5.96. The number of nitrogens with zero attached hydrogens (tertiary/aromatic N) is 3. The maximum atomic E-state index is 12.9. The van der Waals surface area contributed by atoms with Crippen molar-refractivity contribution < 1.29 is 9.59 Å². The average molecular weight is 465 g/mol. The standard InChI is InChI=1S/C26H36N6O2/c1-17-15-19(9-10-20(17)26(34)31-13-5-6-14-31)29-24-23-22(11-12-28-25(23)33)32(30-24)21-8-4-2-3-7-18(21)16-27/h9-10,15,18,21-24,29-30H,2-8,11-14H2,1H3,(H,28,33)/t18-,21+,22?,23?,24?/m1/s1. The molecule has 2 amide bonds. The minimum absolute atomic E-state index is 0.0162. The van der Waals surface area contributed by atoms with Crippen LogP contribution in [0.1, 0.15) is 67.3 Å². The number of rotatable bonds is 4. The second-order valence-electron chi connectivity index (χ2n) is 10.3. The SMILES string of the molecule is Cc1cc(NC2NN([C@H]3CCCCC[C@@H]3C#N)C3CCNC(=O)C23)ccc1C(=O)N1CCCC1. The van der Waals surface area contributed by atoms with Crippen LogP contribution in [0.2, 0.25) is 0 Å². The first-order valence-electron chi connectivity index (χ1n) is 12.9. The molecule has 1 saturated carbocycles. The topological polar surface area (TPSA) is 100 Å². The Morgan fingerprint density at radius 3 is 2.65 bits per heavy atom. The van der Waals surface area contributed by atoms with Crippen LogP contribution in [0.4, 0.5) is 5.69 Å². The van der Waals surface area contributed by atoms with E-state index in [4.69, 9.17) is 0 Å². The van der Waals surface area contributed by atoms with Crippen LogP contribution in [0, 0.1) is 30.1 Å². The van der Waals surface area contributed by atoms with Crippen molar-refractivity contribution in [3.8, 4) is 6.07 Å². The molecule has 3 heterocycles. The minimum Gasteiger partial charge on any atom is -0.368 e. The molecule has 0 radical (unpaired) electrons. The molecule has 0 bridgehead atoms. The van der Waals surface area contributed by atoms with E-state index in [0.717, 1.165) is 74.8 Å². The summed E-state index contributed by atoms with van der Waals surface area (Å²) in [6.45, 7) is 4.32. The lowest BCUT2D eigenvalue weighted by Crippen LogP contribution is -2.53. The van der Waals surface area contributed by atoms with Gasteiger partial charge in [-0.05, 0) is 62.8 Å². The number of fused-ring (bicyclic) bond motifs is 1. The molecule has 1 aromatic carbocycles. The van der Waals surface area contributed by atoms with Crippen LogP contribution in [0.25, 0.3) is 0 Å². The van der Waals surface area contributed by atoms with Crippen molar-refractivity contribution in [2.75, 3.05) is 25.0 Å². The minimum atomic E-state index is -0.257. The van der Waals surface area contributed by atoms with Crippen LogP contribution in [-0.2, 0) is 4.79 Å². The largest absolute Gasteiger partial charge is 0.368 e. The Hall–Kier alpha value is -2.63. The van der Waals surface area contributed by atoms with Gasteiger partial charge in [0, 0.05) is 43.0 Å². The summed E-state index contributed by atoms with van der Waals surface area (Å²) in [6.07, 6.45) is 8.06. The normalized spacial score (nSPS) is 31.9. The van der Waals surface area contributed by atoms with Crippen LogP contribution < -0.4 is 16.1 Å². The quantitative estimate of drug-likeness (QED) is 0.593. The smallest absolute Gasteiger partial charge is 0.254 e. The van der Waals surface area contributed by atoms with Crippen molar-refractivity contribution >= 4 is 17.5 Å². The van der Waals surface area contributed by atoms with Gasteiger partial charge in [-0.25, -0.2) is 10.4 Å². The summed E-state index contributed by atoms with van der Waals surface area (Å²) in [5.74, 6) is -0.0853. The first-order valence-corrected chi connectivity index (χ1v) is 12.9. The van der Waals surface area contributed by atoms with Gasteiger partial charge in [-0.15, -0.1) is 0 Å². The molecule has 0 spiro atoms. The fourth-order valence-corrected chi connectivity index (χ4v) is 6.34. The van der Waals surface area contributed by atoms with E-state index in [1.165, 1.54) is 6.42 Å². The molecule has 8 heteroatoms. The Morgan fingerprint density at radius 2 is 1.88 bits per heavy atom. The van der Waals surface area contributed by atoms with Gasteiger partial charge in [-0.1, -0.05) is 19.3 Å². The molecule has 182 valence electrons. The zero-order valence-corrected chi connectivity index (χ0v) is 20.1. The fraction of sp³-hybridized carbons (Fsp3) is 0.654. The first kappa shape index (κ1) is 23.1. The number of carbonyl (C=O) groups excluding carboxylic acids is 2. The van der Waals surface area contributed by atoms with Crippen LogP contribution in [0.3, 0.4) is 0 Å². The molecule has 1 aromatic rings. The van der Waals surface area contributed by atoms with E-state index in [9.17, 15) is 14.9 Å². The molecule has 3 aliphatic heterocycles. The number of likely N-dealkylation sites (tertiary alicyclic amines) is 1. The van der Waals surface area contributed by atoms with Crippen LogP contribution in [0.5, 0.6) is 0 Å². The Labute approximate surface area is 202 Å². The van der Waals surface area contributed by atoms with Gasteiger partial charge in [0.25, 0.3) is 5.91 Å². The van der Waals surface area contributed by atoms with E-state index in [2.05, 4.69) is 27.1 Å². The predicted molar refractivity (Wildman–Crippen MR) is 130 cm³/mol. The maximum absolute atomic E-state index is 12.9. The number of hydrogen-bond acceptors (Lipinski definition) is 6. The van der Waals surface area contributed by atoms with Gasteiger partial charge in [0.1, 0.15) is 6.17 Å². The fourth-order valence-electron chi connectivity index (χ4n) is 6.34. The number of amides is 2. The maximum Gasteiger partial charge on any atom is 0.254 e. The zero-order chi connectivity index (χ0) is 23.7. The van der Waals surface area contributed by atoms with Gasteiger partial charge in [-0.3, -0.25) is 9.59 Å². The number of benzene rings is 1. The third kappa shape index (κ3) is 4.39. The zero-order valence-electron chi connectivity index (χ0n) is 20.1. The molecule has 5 rings (SSSR count). The summed E-state index contributed by atoms with van der Waals surface area (Å²) < 4.78 is 0. The lowest BCUT2D eigenvalue weighted by atomic mass is 9.88. The highest BCUT2D eigenvalue weighted by Crippen LogP contribution is 2.36. The van der Waals surface area contributed by atoms with Gasteiger partial charge in [0.05, 0.1) is 17.9 Å². The predicted octanol–water partition coefficient (Wildman–Crippen LogP) is 2.77. The van der Waals surface area contributed by atoms with E-state index < -0.39 is 0 Å². The molecule has 0 aromatic heterocycles. The monoisotopic (exact) mass is 464 g/mol. The molecule has 34 heavy (non-hydrogen) atoms. The van der Waals surface area contributed by atoms with E-state index in [-0.39, 0.29) is 41.9 Å². The van der Waals surface area contributed by atoms with Gasteiger partial charge >= 0.3 is 0 Å². The third-order valence-corrected chi connectivity index (χ3v) is 8.14. The molecule has 4 fully saturated rings. The summed E-state index contributed by atoms with van der Waals surface area (Å²) in [6, 6.07) is 8.60. The van der Waals surface area contributed by atoms with Crippen molar-refractivity contribution in [3.05, 3.63) is 29.3 Å². The second kappa shape index (κ2) is 9.93. The van der Waals surface area contributed by atoms with Gasteiger partial charge in [-0.2, -0.15) is 5.26 Å². The number of aryl methyl sites for hydroxylation is 1.